The molecule has 96 valence electrons. The minimum absolute atomic E-state index is 0.0153. The summed E-state index contributed by atoms with van der Waals surface area (Å²) in [5.74, 6) is -2.17. The van der Waals surface area contributed by atoms with Crippen molar-refractivity contribution in [1.82, 2.24) is 0 Å². The molecule has 0 aliphatic rings. The Labute approximate surface area is 110 Å². The van der Waals surface area contributed by atoms with Gasteiger partial charge in [0.25, 0.3) is 0 Å². The molecule has 0 bridgehead atoms. The molecule has 0 amide bonds. The monoisotopic (exact) mass is 258 g/mol. The molecular formula is C15H12F2N2. The van der Waals surface area contributed by atoms with Crippen molar-refractivity contribution in [3.8, 4) is 6.07 Å². The summed E-state index contributed by atoms with van der Waals surface area (Å²) < 4.78 is 27.2. The maximum absolute atomic E-state index is 13.7. The van der Waals surface area contributed by atoms with Gasteiger partial charge >= 0.3 is 0 Å². The number of hydrogen-bond donors (Lipinski definition) is 1. The third kappa shape index (κ3) is 2.71. The van der Waals surface area contributed by atoms with Crippen molar-refractivity contribution < 1.29 is 8.78 Å². The van der Waals surface area contributed by atoms with E-state index in [1.807, 2.05) is 32.0 Å². The Balaban J connectivity index is 2.39. The maximum atomic E-state index is 13.7. The molecule has 0 spiro atoms. The highest BCUT2D eigenvalue weighted by Gasteiger charge is 2.13. The van der Waals surface area contributed by atoms with E-state index in [-0.39, 0.29) is 11.3 Å². The van der Waals surface area contributed by atoms with Crippen LogP contribution in [0, 0.1) is 36.8 Å². The Hall–Kier alpha value is -2.41. The lowest BCUT2D eigenvalue weighted by molar-refractivity contribution is 0.509. The Morgan fingerprint density at radius 1 is 1.00 bits per heavy atom. The molecule has 0 aliphatic heterocycles. The largest absolute Gasteiger partial charge is 0.353 e. The molecule has 1 N–H and O–H groups in total. The van der Waals surface area contributed by atoms with Gasteiger partial charge in [-0.1, -0.05) is 6.07 Å². The molecule has 2 rings (SSSR count). The summed E-state index contributed by atoms with van der Waals surface area (Å²) in [4.78, 5) is 0. The molecule has 2 nitrogen and oxygen atoms in total. The van der Waals surface area contributed by atoms with E-state index in [2.05, 4.69) is 5.32 Å². The number of nitrogens with one attached hydrogen (secondary N) is 1. The molecule has 0 radical (unpaired) electrons. The Kier molecular flexibility index (Phi) is 3.48. The van der Waals surface area contributed by atoms with E-state index >= 15 is 0 Å². The van der Waals surface area contributed by atoms with Crippen LogP contribution in [-0.2, 0) is 0 Å². The van der Waals surface area contributed by atoms with Crippen LogP contribution in [0.1, 0.15) is 16.7 Å². The lowest BCUT2D eigenvalue weighted by Crippen LogP contribution is -1.99. The fourth-order valence-electron chi connectivity index (χ4n) is 1.93. The SMILES string of the molecule is Cc1cc(C)cc(Nc2ccc(C#N)c(F)c2F)c1. The average Bonchev–Trinajstić information content (AvgIpc) is 2.34. The van der Waals surface area contributed by atoms with Gasteiger partial charge in [-0.3, -0.25) is 0 Å². The van der Waals surface area contributed by atoms with Crippen LogP contribution in [0.2, 0.25) is 0 Å². The van der Waals surface area contributed by atoms with Crippen LogP contribution in [0.4, 0.5) is 20.2 Å². The van der Waals surface area contributed by atoms with Crippen molar-refractivity contribution in [2.75, 3.05) is 5.32 Å². The first-order chi connectivity index (χ1) is 9.01. The zero-order valence-electron chi connectivity index (χ0n) is 10.6. The second-order valence-corrected chi connectivity index (χ2v) is 4.40. The van der Waals surface area contributed by atoms with E-state index < -0.39 is 11.6 Å². The Bertz CT molecular complexity index is 652. The highest BCUT2D eigenvalue weighted by Crippen LogP contribution is 2.25. The molecule has 0 saturated carbocycles. The summed E-state index contributed by atoms with van der Waals surface area (Å²) in [5.41, 5.74) is 2.44. The summed E-state index contributed by atoms with van der Waals surface area (Å²) >= 11 is 0. The number of aryl methyl sites for hydroxylation is 2. The fraction of sp³-hybridized carbons (Fsp3) is 0.133. The Morgan fingerprint density at radius 2 is 1.63 bits per heavy atom. The molecule has 0 fully saturated rings. The van der Waals surface area contributed by atoms with E-state index in [9.17, 15) is 8.78 Å². The molecule has 0 heterocycles. The lowest BCUT2D eigenvalue weighted by atomic mass is 10.1. The molecule has 2 aromatic carbocycles. The highest BCUT2D eigenvalue weighted by atomic mass is 19.2. The van der Waals surface area contributed by atoms with Crippen LogP contribution in [0.3, 0.4) is 0 Å². The first-order valence-corrected chi connectivity index (χ1v) is 5.74. The molecule has 0 atom stereocenters. The summed E-state index contributed by atoms with van der Waals surface area (Å²) in [5, 5.41) is 11.4. The van der Waals surface area contributed by atoms with Crippen molar-refractivity contribution >= 4 is 11.4 Å². The van der Waals surface area contributed by atoms with Gasteiger partial charge in [0.2, 0.25) is 0 Å². The summed E-state index contributed by atoms with van der Waals surface area (Å²) in [6.45, 7) is 3.85. The van der Waals surface area contributed by atoms with E-state index in [4.69, 9.17) is 5.26 Å². The van der Waals surface area contributed by atoms with Crippen LogP contribution in [0.25, 0.3) is 0 Å². The van der Waals surface area contributed by atoms with Crippen molar-refractivity contribution in [3.05, 3.63) is 58.7 Å². The minimum Gasteiger partial charge on any atom is -0.353 e. The second kappa shape index (κ2) is 5.07. The topological polar surface area (TPSA) is 35.8 Å². The van der Waals surface area contributed by atoms with Gasteiger partial charge in [0.05, 0.1) is 11.3 Å². The number of nitrogens with zero attached hydrogens (tertiary/aromatic N) is 1. The van der Waals surface area contributed by atoms with E-state index in [0.717, 1.165) is 11.1 Å². The van der Waals surface area contributed by atoms with Crippen LogP contribution in [-0.4, -0.2) is 0 Å². The smallest absolute Gasteiger partial charge is 0.183 e. The van der Waals surface area contributed by atoms with Gasteiger partial charge in [-0.05, 0) is 49.2 Å². The van der Waals surface area contributed by atoms with Gasteiger partial charge < -0.3 is 5.32 Å². The van der Waals surface area contributed by atoms with Crippen LogP contribution in [0.15, 0.2) is 30.3 Å². The van der Waals surface area contributed by atoms with Gasteiger partial charge in [-0.15, -0.1) is 0 Å². The number of benzene rings is 2. The normalized spacial score (nSPS) is 10.1. The number of nitriles is 1. The standard InChI is InChI=1S/C15H12F2N2/c1-9-5-10(2)7-12(6-9)19-13-4-3-11(8-18)14(16)15(13)17/h3-7,19H,1-2H3. The predicted octanol–water partition coefficient (Wildman–Crippen LogP) is 4.20. The third-order valence-corrected chi connectivity index (χ3v) is 2.70. The number of rotatable bonds is 2. The van der Waals surface area contributed by atoms with E-state index in [0.29, 0.717) is 5.69 Å². The first-order valence-electron chi connectivity index (χ1n) is 5.74. The highest BCUT2D eigenvalue weighted by molar-refractivity contribution is 5.63. The molecule has 0 aromatic heterocycles. The van der Waals surface area contributed by atoms with Gasteiger partial charge in [0.15, 0.2) is 11.6 Å². The van der Waals surface area contributed by atoms with Crippen LogP contribution in [0.5, 0.6) is 0 Å². The van der Waals surface area contributed by atoms with Gasteiger partial charge in [0, 0.05) is 5.69 Å². The van der Waals surface area contributed by atoms with Gasteiger partial charge in [-0.2, -0.15) is 5.26 Å². The zero-order valence-corrected chi connectivity index (χ0v) is 10.6. The Morgan fingerprint density at radius 3 is 2.21 bits per heavy atom. The van der Waals surface area contributed by atoms with E-state index in [1.165, 1.54) is 12.1 Å². The molecule has 0 aliphatic carbocycles. The second-order valence-electron chi connectivity index (χ2n) is 4.40. The van der Waals surface area contributed by atoms with Crippen molar-refractivity contribution in [1.29, 1.82) is 5.26 Å². The lowest BCUT2D eigenvalue weighted by Gasteiger charge is -2.10. The molecule has 4 heteroatoms. The van der Waals surface area contributed by atoms with Crippen molar-refractivity contribution in [2.24, 2.45) is 0 Å². The number of anilines is 2. The third-order valence-electron chi connectivity index (χ3n) is 2.70. The summed E-state index contributed by atoms with van der Waals surface area (Å²) in [7, 11) is 0. The summed E-state index contributed by atoms with van der Waals surface area (Å²) in [6, 6.07) is 9.87. The number of halogens is 2. The van der Waals surface area contributed by atoms with Crippen molar-refractivity contribution in [3.63, 3.8) is 0 Å². The van der Waals surface area contributed by atoms with Crippen LogP contribution >= 0.6 is 0 Å². The van der Waals surface area contributed by atoms with Crippen molar-refractivity contribution in [2.45, 2.75) is 13.8 Å². The fourth-order valence-corrected chi connectivity index (χ4v) is 1.93. The predicted molar refractivity (Wildman–Crippen MR) is 70.3 cm³/mol. The van der Waals surface area contributed by atoms with Gasteiger partial charge in [-0.25, -0.2) is 8.78 Å². The maximum Gasteiger partial charge on any atom is 0.183 e. The quantitative estimate of drug-likeness (QED) is 0.876. The minimum atomic E-state index is -1.13. The molecule has 0 unspecified atom stereocenters. The van der Waals surface area contributed by atoms with Crippen LogP contribution < -0.4 is 5.32 Å². The molecule has 19 heavy (non-hydrogen) atoms. The van der Waals surface area contributed by atoms with E-state index in [1.54, 1.807) is 6.07 Å². The molecular weight excluding hydrogens is 246 g/mol. The van der Waals surface area contributed by atoms with Gasteiger partial charge in [0.1, 0.15) is 6.07 Å². The average molecular weight is 258 g/mol. The zero-order chi connectivity index (χ0) is 14.0. The first kappa shape index (κ1) is 13.0. The molecule has 0 saturated heterocycles. The number of hydrogen-bond acceptors (Lipinski definition) is 2. The molecule has 2 aromatic rings. The summed E-state index contributed by atoms with van der Waals surface area (Å²) in [6.07, 6.45) is 0.